The summed E-state index contributed by atoms with van der Waals surface area (Å²) in [4.78, 5) is 23.1. The quantitative estimate of drug-likeness (QED) is 0.172. The molecule has 186 valence electrons. The summed E-state index contributed by atoms with van der Waals surface area (Å²) in [6, 6.07) is -2.14. The Morgan fingerprint density at radius 3 is 1.91 bits per heavy atom. The van der Waals surface area contributed by atoms with Gasteiger partial charge in [0.15, 0.2) is 6.29 Å². The van der Waals surface area contributed by atoms with Crippen LogP contribution in [0.25, 0.3) is 0 Å². The lowest BCUT2D eigenvalue weighted by atomic mass is 9.89. The first kappa shape index (κ1) is 26.8. The monoisotopic (exact) mass is 466 g/mol. The molecule has 0 aromatic carbocycles. The maximum atomic E-state index is 11.6. The van der Waals surface area contributed by atoms with E-state index in [1.807, 2.05) is 0 Å². The normalized spacial score (nSPS) is 41.0. The molecule has 2 aliphatic heterocycles. The third-order valence-corrected chi connectivity index (χ3v) is 5.60. The van der Waals surface area contributed by atoms with Crippen LogP contribution in [-0.2, 0) is 23.8 Å². The topological polar surface area (TPSA) is 207 Å². The summed E-state index contributed by atoms with van der Waals surface area (Å²) >= 11 is 0. The molecule has 11 atom stereocenters. The molecule has 0 aromatic heterocycles. The molecular formula is C19H34N2O11. The number of amides is 2. The summed E-state index contributed by atoms with van der Waals surface area (Å²) in [5, 5.41) is 65.1. The number of carbonyl (C=O) groups excluding carboxylic acids is 2. The van der Waals surface area contributed by atoms with E-state index >= 15 is 0 Å². The zero-order valence-corrected chi connectivity index (χ0v) is 18.2. The van der Waals surface area contributed by atoms with Crippen molar-refractivity contribution in [1.29, 1.82) is 0 Å². The van der Waals surface area contributed by atoms with Crippen molar-refractivity contribution in [3.8, 4) is 0 Å². The minimum atomic E-state index is -1.55. The molecule has 0 bridgehead atoms. The first-order valence-corrected chi connectivity index (χ1v) is 10.4. The molecule has 2 saturated heterocycles. The van der Waals surface area contributed by atoms with Gasteiger partial charge in [-0.15, -0.1) is 0 Å². The number of aliphatic hydroxyl groups is 6. The van der Waals surface area contributed by atoms with Crippen molar-refractivity contribution in [1.82, 2.24) is 10.6 Å². The summed E-state index contributed by atoms with van der Waals surface area (Å²) < 4.78 is 16.7. The molecule has 13 nitrogen and oxygen atoms in total. The minimum absolute atomic E-state index is 0.0436. The summed E-state index contributed by atoms with van der Waals surface area (Å²) in [5.74, 6) is -0.969. The molecule has 2 unspecified atom stereocenters. The van der Waals surface area contributed by atoms with Crippen molar-refractivity contribution < 1.29 is 54.4 Å². The van der Waals surface area contributed by atoms with Gasteiger partial charge < -0.3 is 55.5 Å². The number of hydrogen-bond donors (Lipinski definition) is 8. The van der Waals surface area contributed by atoms with E-state index < -0.39 is 92.2 Å². The molecule has 2 amide bonds. The highest BCUT2D eigenvalue weighted by Gasteiger charge is 2.48. The van der Waals surface area contributed by atoms with Crippen LogP contribution in [0.3, 0.4) is 0 Å². The van der Waals surface area contributed by atoms with Gasteiger partial charge in [-0.2, -0.15) is 0 Å². The SMILES string of the molecule is CC(=O)N[C@@H]1[C@@H](OC(C)CC2O[C@H](CO)[C@@H](O)[C@H](O)[C@H]2NC(C)=O)[C@H](O)[C@@H](CO)O[C@@H]1O. The Balaban J connectivity index is 2.17. The molecule has 0 saturated carbocycles. The Morgan fingerprint density at radius 2 is 1.38 bits per heavy atom. The van der Waals surface area contributed by atoms with Crippen molar-refractivity contribution in [2.24, 2.45) is 0 Å². The van der Waals surface area contributed by atoms with Gasteiger partial charge in [-0.25, -0.2) is 0 Å². The molecule has 2 heterocycles. The van der Waals surface area contributed by atoms with Crippen LogP contribution in [0.15, 0.2) is 0 Å². The van der Waals surface area contributed by atoms with Crippen LogP contribution in [0.2, 0.25) is 0 Å². The lowest BCUT2D eigenvalue weighted by Crippen LogP contribution is -2.66. The zero-order valence-electron chi connectivity index (χ0n) is 18.2. The van der Waals surface area contributed by atoms with Crippen molar-refractivity contribution in [3.63, 3.8) is 0 Å². The van der Waals surface area contributed by atoms with Gasteiger partial charge in [-0.05, 0) is 6.92 Å². The minimum Gasteiger partial charge on any atom is -0.394 e. The van der Waals surface area contributed by atoms with E-state index in [1.165, 1.54) is 13.8 Å². The molecule has 2 aliphatic rings. The van der Waals surface area contributed by atoms with Gasteiger partial charge in [0.05, 0.1) is 31.5 Å². The Hall–Kier alpha value is -1.42. The molecular weight excluding hydrogens is 432 g/mol. The second kappa shape index (κ2) is 11.6. The summed E-state index contributed by atoms with van der Waals surface area (Å²) in [6.07, 6.45) is -10.7. The Bertz CT molecular complexity index is 638. The van der Waals surface area contributed by atoms with Crippen LogP contribution < -0.4 is 10.6 Å². The lowest BCUT2D eigenvalue weighted by Gasteiger charge is -2.45. The Kier molecular flexibility index (Phi) is 9.75. The molecule has 2 rings (SSSR count). The summed E-state index contributed by atoms with van der Waals surface area (Å²) in [6.45, 7) is 2.89. The number of hydrogen-bond acceptors (Lipinski definition) is 11. The maximum Gasteiger partial charge on any atom is 0.217 e. The second-order valence-electron chi connectivity index (χ2n) is 8.21. The van der Waals surface area contributed by atoms with Crippen LogP contribution in [0.4, 0.5) is 0 Å². The third kappa shape index (κ3) is 6.34. The molecule has 0 aromatic rings. The van der Waals surface area contributed by atoms with Gasteiger partial charge >= 0.3 is 0 Å². The average molecular weight is 466 g/mol. The fourth-order valence-corrected chi connectivity index (χ4v) is 4.09. The summed E-state index contributed by atoms with van der Waals surface area (Å²) in [7, 11) is 0. The highest BCUT2D eigenvalue weighted by molar-refractivity contribution is 5.73. The van der Waals surface area contributed by atoms with E-state index in [9.17, 15) is 40.2 Å². The fraction of sp³-hybridized carbons (Fsp3) is 0.895. The van der Waals surface area contributed by atoms with Crippen LogP contribution in [-0.4, -0.2) is 123 Å². The highest BCUT2D eigenvalue weighted by atomic mass is 16.6. The fourth-order valence-electron chi connectivity index (χ4n) is 4.09. The van der Waals surface area contributed by atoms with Gasteiger partial charge in [0.2, 0.25) is 11.8 Å². The Labute approximate surface area is 185 Å². The summed E-state index contributed by atoms with van der Waals surface area (Å²) in [5.41, 5.74) is 0. The number of aliphatic hydroxyl groups excluding tert-OH is 6. The van der Waals surface area contributed by atoms with E-state index in [0.717, 1.165) is 0 Å². The third-order valence-electron chi connectivity index (χ3n) is 5.60. The second-order valence-corrected chi connectivity index (χ2v) is 8.21. The van der Waals surface area contributed by atoms with Gasteiger partial charge in [0, 0.05) is 20.3 Å². The number of rotatable bonds is 8. The van der Waals surface area contributed by atoms with Gasteiger partial charge in [0.1, 0.15) is 42.7 Å². The van der Waals surface area contributed by atoms with Gasteiger partial charge in [-0.1, -0.05) is 0 Å². The zero-order chi connectivity index (χ0) is 24.2. The number of carbonyl (C=O) groups is 2. The van der Waals surface area contributed by atoms with E-state index in [0.29, 0.717) is 0 Å². The molecule has 0 radical (unpaired) electrons. The van der Waals surface area contributed by atoms with Crippen molar-refractivity contribution in [2.75, 3.05) is 13.2 Å². The van der Waals surface area contributed by atoms with Gasteiger partial charge in [-0.3, -0.25) is 9.59 Å². The molecule has 8 N–H and O–H groups in total. The van der Waals surface area contributed by atoms with Crippen LogP contribution in [0.1, 0.15) is 27.2 Å². The smallest absolute Gasteiger partial charge is 0.217 e. The number of nitrogens with one attached hydrogen (secondary N) is 2. The van der Waals surface area contributed by atoms with Crippen LogP contribution in [0, 0.1) is 0 Å². The highest BCUT2D eigenvalue weighted by Crippen LogP contribution is 2.28. The first-order valence-electron chi connectivity index (χ1n) is 10.4. The molecule has 2 fully saturated rings. The lowest BCUT2D eigenvalue weighted by molar-refractivity contribution is -0.270. The van der Waals surface area contributed by atoms with E-state index in [-0.39, 0.29) is 6.42 Å². The van der Waals surface area contributed by atoms with Crippen molar-refractivity contribution >= 4 is 11.8 Å². The first-order chi connectivity index (χ1) is 15.0. The van der Waals surface area contributed by atoms with E-state index in [4.69, 9.17) is 14.2 Å². The van der Waals surface area contributed by atoms with Crippen molar-refractivity contribution in [2.45, 2.75) is 94.4 Å². The van der Waals surface area contributed by atoms with Crippen LogP contribution >= 0.6 is 0 Å². The van der Waals surface area contributed by atoms with Crippen LogP contribution in [0.5, 0.6) is 0 Å². The predicted molar refractivity (Wildman–Crippen MR) is 106 cm³/mol. The Morgan fingerprint density at radius 1 is 0.844 bits per heavy atom. The average Bonchev–Trinajstić information content (AvgIpc) is 2.72. The molecule has 32 heavy (non-hydrogen) atoms. The van der Waals surface area contributed by atoms with E-state index in [1.54, 1.807) is 6.92 Å². The molecule has 0 spiro atoms. The van der Waals surface area contributed by atoms with Gasteiger partial charge in [0.25, 0.3) is 0 Å². The van der Waals surface area contributed by atoms with E-state index in [2.05, 4.69) is 10.6 Å². The molecule has 0 aliphatic carbocycles. The van der Waals surface area contributed by atoms with Crippen molar-refractivity contribution in [3.05, 3.63) is 0 Å². The predicted octanol–water partition coefficient (Wildman–Crippen LogP) is -4.29. The molecule has 13 heteroatoms. The largest absolute Gasteiger partial charge is 0.394 e. The standard InChI is InChI=1S/C19H34N2O11/c1-7(4-10-13(20-8(2)24)17(28)15(26)11(5-22)31-10)30-18-14(21-9(3)25)19(29)32-12(6-23)16(18)27/h7,10-19,22-23,26-29H,4-6H2,1-3H3,(H,20,24)(H,21,25)/t7?,10?,11-,12-,13+,14-,15-,16-,17-,18-,19+/m1/s1. The maximum absolute atomic E-state index is 11.6. The number of ether oxygens (including phenoxy) is 3.